The summed E-state index contributed by atoms with van der Waals surface area (Å²) in [5, 5.41) is 3.00. The van der Waals surface area contributed by atoms with Crippen molar-refractivity contribution in [2.75, 3.05) is 32.5 Å². The molecular formula is C25H34N2O4S. The molecule has 174 valence electrons. The standard InChI is InChI=1S/C25H34N2O4S/c1-31-24-15-13-22(14-16-24)10-5-17-26-25(28)23-12-6-18-27(20-23)32(29,30)19-7-11-21-8-3-2-4-9-21/h2-4,8-9,13-16,23H,5-7,10-12,17-20H2,1H3,(H,26,28). The van der Waals surface area contributed by atoms with Crippen LogP contribution in [-0.4, -0.2) is 51.1 Å². The van der Waals surface area contributed by atoms with Gasteiger partial charge in [0.2, 0.25) is 15.9 Å². The van der Waals surface area contributed by atoms with E-state index in [1.54, 1.807) is 7.11 Å². The van der Waals surface area contributed by atoms with Crippen LogP contribution in [0.3, 0.4) is 0 Å². The number of carbonyl (C=O) groups is 1. The van der Waals surface area contributed by atoms with E-state index < -0.39 is 10.0 Å². The van der Waals surface area contributed by atoms with Gasteiger partial charge in [-0.1, -0.05) is 42.5 Å². The Bertz CT molecular complexity index is 946. The van der Waals surface area contributed by atoms with E-state index in [-0.39, 0.29) is 24.1 Å². The van der Waals surface area contributed by atoms with Crippen LogP contribution in [0.5, 0.6) is 5.75 Å². The molecule has 1 heterocycles. The Morgan fingerprint density at radius 3 is 2.44 bits per heavy atom. The molecule has 2 aromatic carbocycles. The van der Waals surface area contributed by atoms with Gasteiger partial charge < -0.3 is 10.1 Å². The van der Waals surface area contributed by atoms with Crippen molar-refractivity contribution >= 4 is 15.9 Å². The minimum atomic E-state index is -3.34. The lowest BCUT2D eigenvalue weighted by atomic mass is 9.99. The maximum absolute atomic E-state index is 12.8. The number of ether oxygens (including phenoxy) is 1. The number of aryl methyl sites for hydroxylation is 2. The third-order valence-corrected chi connectivity index (χ3v) is 7.88. The summed E-state index contributed by atoms with van der Waals surface area (Å²) in [5.41, 5.74) is 2.35. The first-order valence-corrected chi connectivity index (χ1v) is 13.0. The minimum absolute atomic E-state index is 0.0380. The quantitative estimate of drug-likeness (QED) is 0.524. The molecule has 0 spiro atoms. The average molecular weight is 459 g/mol. The maximum Gasteiger partial charge on any atom is 0.224 e. The van der Waals surface area contributed by atoms with Crippen molar-refractivity contribution in [1.29, 1.82) is 0 Å². The van der Waals surface area contributed by atoms with Gasteiger partial charge in [0.15, 0.2) is 0 Å². The zero-order valence-corrected chi connectivity index (χ0v) is 19.6. The molecule has 1 N–H and O–H groups in total. The molecule has 0 aliphatic carbocycles. The molecule has 7 heteroatoms. The summed E-state index contributed by atoms with van der Waals surface area (Å²) in [5.74, 6) is 0.648. The SMILES string of the molecule is COc1ccc(CCCNC(=O)C2CCCN(S(=O)(=O)CCCc3ccccc3)C2)cc1. The van der Waals surface area contributed by atoms with E-state index in [1.165, 1.54) is 9.87 Å². The van der Waals surface area contributed by atoms with Crippen LogP contribution in [0.15, 0.2) is 54.6 Å². The second-order valence-electron chi connectivity index (χ2n) is 8.34. The summed E-state index contributed by atoms with van der Waals surface area (Å²) in [6.45, 7) is 1.39. The highest BCUT2D eigenvalue weighted by Gasteiger charge is 2.31. The third kappa shape index (κ3) is 7.35. The zero-order valence-electron chi connectivity index (χ0n) is 18.8. The average Bonchev–Trinajstić information content (AvgIpc) is 2.83. The predicted octanol–water partition coefficient (Wildman–Crippen LogP) is 3.42. The first kappa shape index (κ1) is 24.3. The summed E-state index contributed by atoms with van der Waals surface area (Å²) in [6, 6.07) is 17.9. The molecule has 1 aliphatic rings. The fraction of sp³-hybridized carbons (Fsp3) is 0.480. The summed E-state index contributed by atoms with van der Waals surface area (Å²) in [6.07, 6.45) is 4.50. The summed E-state index contributed by atoms with van der Waals surface area (Å²) >= 11 is 0. The van der Waals surface area contributed by atoms with Gasteiger partial charge in [0.1, 0.15) is 5.75 Å². The first-order chi connectivity index (χ1) is 15.5. The Morgan fingerprint density at radius 2 is 1.72 bits per heavy atom. The van der Waals surface area contributed by atoms with Crippen molar-refractivity contribution in [3.05, 3.63) is 65.7 Å². The maximum atomic E-state index is 12.8. The van der Waals surface area contributed by atoms with Gasteiger partial charge in [-0.2, -0.15) is 0 Å². The Morgan fingerprint density at radius 1 is 1.03 bits per heavy atom. The van der Waals surface area contributed by atoms with Gasteiger partial charge in [0.05, 0.1) is 18.8 Å². The topological polar surface area (TPSA) is 75.7 Å². The largest absolute Gasteiger partial charge is 0.497 e. The summed E-state index contributed by atoms with van der Waals surface area (Å²) in [7, 11) is -1.70. The number of nitrogens with zero attached hydrogens (tertiary/aromatic N) is 1. The first-order valence-electron chi connectivity index (χ1n) is 11.4. The number of carbonyl (C=O) groups excluding carboxylic acids is 1. The van der Waals surface area contributed by atoms with E-state index in [0.29, 0.717) is 19.5 Å². The van der Waals surface area contributed by atoms with Crippen molar-refractivity contribution in [2.45, 2.75) is 38.5 Å². The van der Waals surface area contributed by atoms with E-state index in [9.17, 15) is 13.2 Å². The minimum Gasteiger partial charge on any atom is -0.497 e. The molecule has 1 fully saturated rings. The Hall–Kier alpha value is -2.38. The molecule has 1 saturated heterocycles. The van der Waals surface area contributed by atoms with Crippen molar-refractivity contribution in [3.8, 4) is 5.75 Å². The molecule has 3 rings (SSSR count). The molecule has 1 atom stereocenters. The molecule has 2 aromatic rings. The van der Waals surface area contributed by atoms with Crippen molar-refractivity contribution in [3.63, 3.8) is 0 Å². The molecule has 0 saturated carbocycles. The molecule has 1 unspecified atom stereocenters. The fourth-order valence-electron chi connectivity index (χ4n) is 4.08. The second-order valence-corrected chi connectivity index (χ2v) is 10.4. The molecule has 0 radical (unpaired) electrons. The van der Waals surface area contributed by atoms with Crippen LogP contribution >= 0.6 is 0 Å². The van der Waals surface area contributed by atoms with Gasteiger partial charge in [0, 0.05) is 19.6 Å². The molecule has 6 nitrogen and oxygen atoms in total. The highest BCUT2D eigenvalue weighted by molar-refractivity contribution is 7.89. The molecule has 0 bridgehead atoms. The van der Waals surface area contributed by atoms with Gasteiger partial charge in [0.25, 0.3) is 0 Å². The molecule has 1 amide bonds. The predicted molar refractivity (Wildman–Crippen MR) is 127 cm³/mol. The van der Waals surface area contributed by atoms with E-state index in [4.69, 9.17) is 4.74 Å². The fourth-order valence-corrected chi connectivity index (χ4v) is 5.66. The van der Waals surface area contributed by atoms with Crippen LogP contribution in [-0.2, 0) is 27.7 Å². The van der Waals surface area contributed by atoms with Gasteiger partial charge in [-0.05, 0) is 61.8 Å². The van der Waals surface area contributed by atoms with E-state index in [0.717, 1.165) is 43.4 Å². The van der Waals surface area contributed by atoms with Crippen LogP contribution in [0, 0.1) is 5.92 Å². The van der Waals surface area contributed by atoms with Gasteiger partial charge in [-0.15, -0.1) is 0 Å². The van der Waals surface area contributed by atoms with Crippen LogP contribution in [0.25, 0.3) is 0 Å². The number of rotatable bonds is 11. The number of piperidine rings is 1. The van der Waals surface area contributed by atoms with E-state index in [2.05, 4.69) is 5.32 Å². The normalized spacial score (nSPS) is 17.1. The Labute approximate surface area is 192 Å². The molecule has 0 aromatic heterocycles. The van der Waals surface area contributed by atoms with Crippen LogP contribution < -0.4 is 10.1 Å². The zero-order chi connectivity index (χ0) is 22.8. The van der Waals surface area contributed by atoms with Crippen LogP contribution in [0.2, 0.25) is 0 Å². The van der Waals surface area contributed by atoms with Gasteiger partial charge in [-0.25, -0.2) is 12.7 Å². The van der Waals surface area contributed by atoms with E-state index >= 15 is 0 Å². The number of nitrogens with one attached hydrogen (secondary N) is 1. The highest BCUT2D eigenvalue weighted by atomic mass is 32.2. The number of methoxy groups -OCH3 is 1. The van der Waals surface area contributed by atoms with Crippen LogP contribution in [0.4, 0.5) is 0 Å². The lowest BCUT2D eigenvalue weighted by Gasteiger charge is -2.31. The van der Waals surface area contributed by atoms with Crippen molar-refractivity contribution in [2.24, 2.45) is 5.92 Å². The lowest BCUT2D eigenvalue weighted by Crippen LogP contribution is -2.46. The Kier molecular flexibility index (Phi) is 9.11. The molecular weight excluding hydrogens is 424 g/mol. The van der Waals surface area contributed by atoms with Gasteiger partial charge in [-0.3, -0.25) is 4.79 Å². The van der Waals surface area contributed by atoms with E-state index in [1.807, 2.05) is 54.6 Å². The third-order valence-electron chi connectivity index (χ3n) is 5.96. The second kappa shape index (κ2) is 12.0. The number of hydrogen-bond donors (Lipinski definition) is 1. The lowest BCUT2D eigenvalue weighted by molar-refractivity contribution is -0.126. The summed E-state index contributed by atoms with van der Waals surface area (Å²) < 4.78 is 32.3. The number of sulfonamides is 1. The van der Waals surface area contributed by atoms with Gasteiger partial charge >= 0.3 is 0 Å². The molecule has 1 aliphatic heterocycles. The van der Waals surface area contributed by atoms with Crippen molar-refractivity contribution in [1.82, 2.24) is 9.62 Å². The summed E-state index contributed by atoms with van der Waals surface area (Å²) in [4.78, 5) is 12.6. The Balaban J connectivity index is 1.40. The molecule has 32 heavy (non-hydrogen) atoms. The number of hydrogen-bond acceptors (Lipinski definition) is 4. The number of benzene rings is 2. The van der Waals surface area contributed by atoms with Crippen molar-refractivity contribution < 1.29 is 17.9 Å². The number of amides is 1. The highest BCUT2D eigenvalue weighted by Crippen LogP contribution is 2.20. The van der Waals surface area contributed by atoms with Crippen LogP contribution in [0.1, 0.15) is 36.8 Å². The smallest absolute Gasteiger partial charge is 0.224 e. The monoisotopic (exact) mass is 458 g/mol.